The Kier molecular flexibility index (Phi) is 4.96. The monoisotopic (exact) mass is 461 g/mol. The standard InChI is InChI=1S/C27H19N5O3/c28-25(33)19-5-1-2-6-21(19)31-27-20-12-16(17-8-10-23-24(13-17)35-15-34-23)7-9-22(20)30-26(32-27)18-4-3-11-29-14-18/h1-14H,15H2,(H2,28,33)(H,30,31,32). The number of aromatic nitrogens is 3. The number of para-hydroxylation sites is 1. The van der Waals surface area contributed by atoms with Crippen molar-refractivity contribution < 1.29 is 14.3 Å². The second kappa shape index (κ2) is 8.42. The van der Waals surface area contributed by atoms with E-state index in [2.05, 4.69) is 10.3 Å². The highest BCUT2D eigenvalue weighted by atomic mass is 16.7. The average Bonchev–Trinajstić information content (AvgIpc) is 3.37. The molecule has 0 bridgehead atoms. The summed E-state index contributed by atoms with van der Waals surface area (Å²) in [6.45, 7) is 0.217. The van der Waals surface area contributed by atoms with Crippen LogP contribution in [0.3, 0.4) is 0 Å². The maximum Gasteiger partial charge on any atom is 0.250 e. The molecule has 6 rings (SSSR count). The van der Waals surface area contributed by atoms with Gasteiger partial charge >= 0.3 is 0 Å². The van der Waals surface area contributed by atoms with Crippen LogP contribution >= 0.6 is 0 Å². The number of fused-ring (bicyclic) bond motifs is 2. The quantitative estimate of drug-likeness (QED) is 0.382. The van der Waals surface area contributed by atoms with Crippen LogP contribution in [0, 0.1) is 0 Å². The molecular formula is C27H19N5O3. The van der Waals surface area contributed by atoms with Gasteiger partial charge in [0.25, 0.3) is 5.91 Å². The number of primary amides is 1. The summed E-state index contributed by atoms with van der Waals surface area (Å²) in [6, 6.07) is 22.6. The first kappa shape index (κ1) is 20.6. The van der Waals surface area contributed by atoms with Crippen molar-refractivity contribution in [1.82, 2.24) is 15.0 Å². The fraction of sp³-hybridized carbons (Fsp3) is 0.0370. The number of anilines is 2. The number of pyridine rings is 1. The molecule has 0 unspecified atom stereocenters. The summed E-state index contributed by atoms with van der Waals surface area (Å²) in [6.07, 6.45) is 3.41. The predicted octanol–water partition coefficient (Wildman–Crippen LogP) is 4.93. The van der Waals surface area contributed by atoms with Crippen molar-refractivity contribution in [3.05, 3.63) is 90.8 Å². The van der Waals surface area contributed by atoms with Crippen molar-refractivity contribution in [1.29, 1.82) is 0 Å². The summed E-state index contributed by atoms with van der Waals surface area (Å²) in [5, 5.41) is 4.09. The summed E-state index contributed by atoms with van der Waals surface area (Å²) in [5.41, 5.74) is 9.98. The van der Waals surface area contributed by atoms with Crippen LogP contribution in [0.2, 0.25) is 0 Å². The molecule has 3 N–H and O–H groups in total. The number of hydrogen-bond acceptors (Lipinski definition) is 7. The highest BCUT2D eigenvalue weighted by molar-refractivity contribution is 6.01. The minimum Gasteiger partial charge on any atom is -0.454 e. The summed E-state index contributed by atoms with van der Waals surface area (Å²) >= 11 is 0. The average molecular weight is 461 g/mol. The molecule has 0 saturated heterocycles. The number of benzene rings is 3. The van der Waals surface area contributed by atoms with Gasteiger partial charge < -0.3 is 20.5 Å². The number of nitrogens with two attached hydrogens (primary N) is 1. The van der Waals surface area contributed by atoms with Crippen LogP contribution < -0.4 is 20.5 Å². The van der Waals surface area contributed by atoms with Crippen molar-refractivity contribution in [2.75, 3.05) is 12.1 Å². The Morgan fingerprint density at radius 3 is 2.54 bits per heavy atom. The Morgan fingerprint density at radius 1 is 0.857 bits per heavy atom. The highest BCUT2D eigenvalue weighted by Crippen LogP contribution is 2.37. The van der Waals surface area contributed by atoms with Gasteiger partial charge in [0.15, 0.2) is 17.3 Å². The molecule has 3 aromatic carbocycles. The maximum atomic E-state index is 12.0. The van der Waals surface area contributed by atoms with E-state index in [1.54, 1.807) is 30.6 Å². The molecule has 5 aromatic rings. The third-order valence-corrected chi connectivity index (χ3v) is 5.77. The van der Waals surface area contributed by atoms with Gasteiger partial charge in [-0.1, -0.05) is 24.3 Å². The number of hydrogen-bond donors (Lipinski definition) is 2. The number of rotatable bonds is 5. The molecule has 170 valence electrons. The topological polar surface area (TPSA) is 112 Å². The SMILES string of the molecule is NC(=O)c1ccccc1Nc1nc(-c2cccnc2)nc2ccc(-c3ccc4c(c3)OCO4)cc12. The van der Waals surface area contributed by atoms with E-state index in [0.29, 0.717) is 28.6 Å². The molecule has 0 aliphatic carbocycles. The zero-order valence-electron chi connectivity index (χ0n) is 18.4. The Hall–Kier alpha value is -4.98. The Morgan fingerprint density at radius 2 is 1.69 bits per heavy atom. The van der Waals surface area contributed by atoms with E-state index < -0.39 is 5.91 Å². The molecule has 0 radical (unpaired) electrons. The van der Waals surface area contributed by atoms with Crippen LogP contribution in [0.25, 0.3) is 33.4 Å². The van der Waals surface area contributed by atoms with E-state index in [1.165, 1.54) is 0 Å². The van der Waals surface area contributed by atoms with Gasteiger partial charge in [-0.2, -0.15) is 0 Å². The fourth-order valence-corrected chi connectivity index (χ4v) is 4.04. The summed E-state index contributed by atoms with van der Waals surface area (Å²) in [5.74, 6) is 1.97. The lowest BCUT2D eigenvalue weighted by atomic mass is 10.0. The summed E-state index contributed by atoms with van der Waals surface area (Å²) < 4.78 is 11.0. The van der Waals surface area contributed by atoms with E-state index in [0.717, 1.165) is 33.3 Å². The van der Waals surface area contributed by atoms with Gasteiger partial charge in [0.05, 0.1) is 16.8 Å². The molecule has 2 aromatic heterocycles. The lowest BCUT2D eigenvalue weighted by molar-refractivity contribution is 0.100. The van der Waals surface area contributed by atoms with Crippen molar-refractivity contribution in [2.45, 2.75) is 0 Å². The minimum absolute atomic E-state index is 0.217. The van der Waals surface area contributed by atoms with Crippen molar-refractivity contribution in [3.63, 3.8) is 0 Å². The van der Waals surface area contributed by atoms with Crippen LogP contribution in [0.1, 0.15) is 10.4 Å². The molecule has 3 heterocycles. The molecular weight excluding hydrogens is 442 g/mol. The second-order valence-corrected chi connectivity index (χ2v) is 7.97. The predicted molar refractivity (Wildman–Crippen MR) is 133 cm³/mol. The van der Waals surface area contributed by atoms with Gasteiger partial charge in [-0.15, -0.1) is 0 Å². The van der Waals surface area contributed by atoms with Gasteiger partial charge in [0.2, 0.25) is 6.79 Å². The number of nitrogens with zero attached hydrogens (tertiary/aromatic N) is 3. The first-order chi connectivity index (χ1) is 17.2. The van der Waals surface area contributed by atoms with Gasteiger partial charge in [-0.05, 0) is 59.7 Å². The third-order valence-electron chi connectivity index (χ3n) is 5.77. The third kappa shape index (κ3) is 3.87. The maximum absolute atomic E-state index is 12.0. The summed E-state index contributed by atoms with van der Waals surface area (Å²) in [4.78, 5) is 25.8. The molecule has 35 heavy (non-hydrogen) atoms. The smallest absolute Gasteiger partial charge is 0.250 e. The molecule has 1 aliphatic rings. The minimum atomic E-state index is -0.528. The van der Waals surface area contributed by atoms with Gasteiger partial charge in [-0.3, -0.25) is 9.78 Å². The molecule has 0 fully saturated rings. The Bertz CT molecular complexity index is 1590. The van der Waals surface area contributed by atoms with Crippen LogP contribution in [-0.4, -0.2) is 27.7 Å². The van der Waals surface area contributed by atoms with Gasteiger partial charge in [0, 0.05) is 23.3 Å². The number of carbonyl (C=O) groups is 1. The number of carbonyl (C=O) groups excluding carboxylic acids is 1. The lowest BCUT2D eigenvalue weighted by Gasteiger charge is -2.14. The zero-order valence-corrected chi connectivity index (χ0v) is 18.4. The van der Waals surface area contributed by atoms with Crippen molar-refractivity contribution in [3.8, 4) is 34.0 Å². The largest absolute Gasteiger partial charge is 0.454 e. The zero-order chi connectivity index (χ0) is 23.8. The Balaban J connectivity index is 1.52. The lowest BCUT2D eigenvalue weighted by Crippen LogP contribution is -2.13. The van der Waals surface area contributed by atoms with Gasteiger partial charge in [0.1, 0.15) is 5.82 Å². The van der Waals surface area contributed by atoms with Crippen LogP contribution in [0.5, 0.6) is 11.5 Å². The van der Waals surface area contributed by atoms with Crippen molar-refractivity contribution in [2.24, 2.45) is 5.73 Å². The second-order valence-electron chi connectivity index (χ2n) is 7.97. The number of ether oxygens (including phenoxy) is 2. The molecule has 0 atom stereocenters. The summed E-state index contributed by atoms with van der Waals surface area (Å²) in [7, 11) is 0. The molecule has 8 nitrogen and oxygen atoms in total. The van der Waals surface area contributed by atoms with Crippen LogP contribution in [-0.2, 0) is 0 Å². The van der Waals surface area contributed by atoms with Crippen molar-refractivity contribution >= 4 is 28.3 Å². The number of amides is 1. The van der Waals surface area contributed by atoms with E-state index in [1.807, 2.05) is 54.6 Å². The normalized spacial score (nSPS) is 12.0. The van der Waals surface area contributed by atoms with Crippen LogP contribution in [0.4, 0.5) is 11.5 Å². The molecule has 1 amide bonds. The first-order valence-electron chi connectivity index (χ1n) is 10.9. The molecule has 0 saturated carbocycles. The van der Waals surface area contributed by atoms with E-state index >= 15 is 0 Å². The fourth-order valence-electron chi connectivity index (χ4n) is 4.04. The molecule has 8 heteroatoms. The first-order valence-corrected chi connectivity index (χ1v) is 10.9. The number of nitrogens with one attached hydrogen (secondary N) is 1. The van der Waals surface area contributed by atoms with E-state index in [4.69, 9.17) is 25.2 Å². The molecule has 1 aliphatic heterocycles. The highest BCUT2D eigenvalue weighted by Gasteiger charge is 2.17. The van der Waals surface area contributed by atoms with E-state index in [9.17, 15) is 4.79 Å². The van der Waals surface area contributed by atoms with E-state index in [-0.39, 0.29) is 6.79 Å². The van der Waals surface area contributed by atoms with Gasteiger partial charge in [-0.25, -0.2) is 9.97 Å². The Labute approximate surface area is 200 Å². The van der Waals surface area contributed by atoms with Crippen LogP contribution in [0.15, 0.2) is 85.2 Å². The molecule has 0 spiro atoms.